The zero-order valence-electron chi connectivity index (χ0n) is 11.4. The lowest BCUT2D eigenvalue weighted by Gasteiger charge is -2.04. The maximum atomic E-state index is 12.5. The standard InChI is InChI=1S/C12H13F3N4O2/c1-7-5-9(12(13,14)15)17-19(7)4-3-11(20)16-10-6-8(2)21-18-10/h5-6H,3-4H2,1-2H3,(H,16,18,20). The number of carbonyl (C=O) groups is 1. The Morgan fingerprint density at radius 3 is 2.62 bits per heavy atom. The molecule has 0 aromatic carbocycles. The summed E-state index contributed by atoms with van der Waals surface area (Å²) in [7, 11) is 0. The number of anilines is 1. The number of hydrogen-bond donors (Lipinski definition) is 1. The van der Waals surface area contributed by atoms with E-state index in [4.69, 9.17) is 4.52 Å². The second kappa shape index (κ2) is 5.58. The fraction of sp³-hybridized carbons (Fsp3) is 0.417. The van der Waals surface area contributed by atoms with E-state index < -0.39 is 11.9 Å². The molecule has 1 amide bonds. The molecule has 0 unspecified atom stereocenters. The van der Waals surface area contributed by atoms with Gasteiger partial charge in [-0.25, -0.2) is 0 Å². The largest absolute Gasteiger partial charge is 0.435 e. The van der Waals surface area contributed by atoms with Crippen molar-refractivity contribution in [2.45, 2.75) is 33.0 Å². The van der Waals surface area contributed by atoms with E-state index in [2.05, 4.69) is 15.6 Å². The van der Waals surface area contributed by atoms with Gasteiger partial charge in [0.2, 0.25) is 5.91 Å². The molecule has 0 aliphatic rings. The number of aryl methyl sites for hydroxylation is 3. The summed E-state index contributed by atoms with van der Waals surface area (Å²) in [4.78, 5) is 11.7. The maximum Gasteiger partial charge on any atom is 0.435 e. The van der Waals surface area contributed by atoms with Gasteiger partial charge in [-0.05, 0) is 19.9 Å². The SMILES string of the molecule is Cc1cc(NC(=O)CCn2nc(C(F)(F)F)cc2C)no1. The van der Waals surface area contributed by atoms with Gasteiger partial charge in [0, 0.05) is 24.7 Å². The van der Waals surface area contributed by atoms with Gasteiger partial charge in [0.15, 0.2) is 11.5 Å². The highest BCUT2D eigenvalue weighted by Gasteiger charge is 2.34. The lowest BCUT2D eigenvalue weighted by Crippen LogP contribution is -2.16. The smallest absolute Gasteiger partial charge is 0.360 e. The van der Waals surface area contributed by atoms with E-state index in [1.807, 2.05) is 0 Å². The summed E-state index contributed by atoms with van der Waals surface area (Å²) in [5, 5.41) is 9.51. The molecule has 2 heterocycles. The van der Waals surface area contributed by atoms with Gasteiger partial charge in [-0.3, -0.25) is 9.48 Å². The van der Waals surface area contributed by atoms with Gasteiger partial charge in [0.1, 0.15) is 5.76 Å². The van der Waals surface area contributed by atoms with Crippen molar-refractivity contribution in [2.75, 3.05) is 5.32 Å². The summed E-state index contributed by atoms with van der Waals surface area (Å²) in [6.45, 7) is 3.22. The Labute approximate surface area is 117 Å². The molecule has 0 radical (unpaired) electrons. The van der Waals surface area contributed by atoms with Crippen molar-refractivity contribution < 1.29 is 22.5 Å². The van der Waals surface area contributed by atoms with Crippen molar-refractivity contribution in [1.82, 2.24) is 14.9 Å². The van der Waals surface area contributed by atoms with Gasteiger partial charge in [-0.2, -0.15) is 18.3 Å². The number of halogens is 3. The summed E-state index contributed by atoms with van der Waals surface area (Å²) >= 11 is 0. The summed E-state index contributed by atoms with van der Waals surface area (Å²) in [5.74, 6) is 0.431. The van der Waals surface area contributed by atoms with Crippen LogP contribution in [-0.4, -0.2) is 20.8 Å². The van der Waals surface area contributed by atoms with Gasteiger partial charge in [0.05, 0.1) is 0 Å². The highest BCUT2D eigenvalue weighted by atomic mass is 19.4. The molecule has 0 fully saturated rings. The van der Waals surface area contributed by atoms with E-state index >= 15 is 0 Å². The van der Waals surface area contributed by atoms with Crippen LogP contribution < -0.4 is 5.32 Å². The third kappa shape index (κ3) is 3.83. The zero-order chi connectivity index (χ0) is 15.6. The number of aromatic nitrogens is 3. The van der Waals surface area contributed by atoms with Gasteiger partial charge >= 0.3 is 6.18 Å². The fourth-order valence-corrected chi connectivity index (χ4v) is 1.71. The molecule has 0 aliphatic heterocycles. The Hall–Kier alpha value is -2.32. The molecule has 0 bridgehead atoms. The van der Waals surface area contributed by atoms with Gasteiger partial charge in [0.25, 0.3) is 0 Å². The summed E-state index contributed by atoms with van der Waals surface area (Å²) in [6.07, 6.45) is -4.51. The number of alkyl halides is 3. The minimum atomic E-state index is -4.49. The Bertz CT molecular complexity index is 645. The first kappa shape index (κ1) is 15.1. The number of nitrogens with zero attached hydrogens (tertiary/aromatic N) is 3. The third-order valence-corrected chi connectivity index (χ3v) is 2.72. The lowest BCUT2D eigenvalue weighted by atomic mass is 10.3. The second-order valence-electron chi connectivity index (χ2n) is 4.51. The number of carbonyl (C=O) groups excluding carboxylic acids is 1. The molecule has 0 saturated heterocycles. The molecule has 9 heteroatoms. The molecule has 2 aromatic heterocycles. The molecule has 2 aromatic rings. The van der Waals surface area contributed by atoms with Crippen molar-refractivity contribution in [2.24, 2.45) is 0 Å². The maximum absolute atomic E-state index is 12.5. The molecule has 6 nitrogen and oxygen atoms in total. The molecular formula is C12H13F3N4O2. The van der Waals surface area contributed by atoms with E-state index in [1.165, 1.54) is 6.92 Å². The van der Waals surface area contributed by atoms with Crippen LogP contribution in [0.25, 0.3) is 0 Å². The molecule has 2 rings (SSSR count). The van der Waals surface area contributed by atoms with Crippen LogP contribution in [0.15, 0.2) is 16.7 Å². The Balaban J connectivity index is 1.94. The van der Waals surface area contributed by atoms with Crippen molar-refractivity contribution >= 4 is 11.7 Å². The van der Waals surface area contributed by atoms with Crippen LogP contribution in [0.3, 0.4) is 0 Å². The first-order valence-electron chi connectivity index (χ1n) is 6.10. The van der Waals surface area contributed by atoms with Crippen molar-refractivity contribution in [3.05, 3.63) is 29.3 Å². The Kier molecular flexibility index (Phi) is 4.01. The average molecular weight is 302 g/mol. The predicted octanol–water partition coefficient (Wildman–Crippen LogP) is 2.54. The van der Waals surface area contributed by atoms with Gasteiger partial charge in [-0.1, -0.05) is 5.16 Å². The van der Waals surface area contributed by atoms with E-state index in [0.717, 1.165) is 10.7 Å². The van der Waals surface area contributed by atoms with E-state index in [1.54, 1.807) is 13.0 Å². The lowest BCUT2D eigenvalue weighted by molar-refractivity contribution is -0.141. The van der Waals surface area contributed by atoms with Gasteiger partial charge in [-0.15, -0.1) is 0 Å². The molecule has 21 heavy (non-hydrogen) atoms. The third-order valence-electron chi connectivity index (χ3n) is 2.72. The molecule has 1 N–H and O–H groups in total. The second-order valence-corrected chi connectivity index (χ2v) is 4.51. The normalized spacial score (nSPS) is 11.7. The minimum absolute atomic E-state index is 0.0221. The van der Waals surface area contributed by atoms with Crippen molar-refractivity contribution in [3.8, 4) is 0 Å². The topological polar surface area (TPSA) is 73.0 Å². The monoisotopic (exact) mass is 302 g/mol. The van der Waals surface area contributed by atoms with E-state index in [9.17, 15) is 18.0 Å². The van der Waals surface area contributed by atoms with Crippen LogP contribution in [0, 0.1) is 13.8 Å². The molecular weight excluding hydrogens is 289 g/mol. The van der Waals surface area contributed by atoms with Crippen LogP contribution >= 0.6 is 0 Å². The van der Waals surface area contributed by atoms with Crippen LogP contribution in [0.5, 0.6) is 0 Å². The first-order chi connectivity index (χ1) is 9.75. The molecule has 0 atom stereocenters. The van der Waals surface area contributed by atoms with Crippen LogP contribution in [0.1, 0.15) is 23.6 Å². The number of hydrogen-bond acceptors (Lipinski definition) is 4. The molecule has 0 spiro atoms. The van der Waals surface area contributed by atoms with Gasteiger partial charge < -0.3 is 9.84 Å². The zero-order valence-corrected chi connectivity index (χ0v) is 11.4. The highest BCUT2D eigenvalue weighted by molar-refractivity contribution is 5.89. The number of amides is 1. The van der Waals surface area contributed by atoms with Crippen molar-refractivity contribution in [1.29, 1.82) is 0 Å². The average Bonchev–Trinajstić information content (AvgIpc) is 2.93. The number of rotatable bonds is 4. The van der Waals surface area contributed by atoms with Crippen molar-refractivity contribution in [3.63, 3.8) is 0 Å². The quantitative estimate of drug-likeness (QED) is 0.942. The van der Waals surface area contributed by atoms with Crippen LogP contribution in [-0.2, 0) is 17.5 Å². The summed E-state index contributed by atoms with van der Waals surface area (Å²) in [5.41, 5.74) is -0.625. The summed E-state index contributed by atoms with van der Waals surface area (Å²) in [6, 6.07) is 2.48. The predicted molar refractivity (Wildman–Crippen MR) is 66.5 cm³/mol. The highest BCUT2D eigenvalue weighted by Crippen LogP contribution is 2.28. The Morgan fingerprint density at radius 1 is 1.38 bits per heavy atom. The number of nitrogens with one attached hydrogen (secondary N) is 1. The molecule has 0 aliphatic carbocycles. The van der Waals surface area contributed by atoms with E-state index in [0.29, 0.717) is 11.5 Å². The van der Waals surface area contributed by atoms with Crippen LogP contribution in [0.4, 0.5) is 19.0 Å². The first-order valence-corrected chi connectivity index (χ1v) is 6.10. The van der Waals surface area contributed by atoms with E-state index in [-0.39, 0.29) is 24.7 Å². The van der Waals surface area contributed by atoms with Crippen LogP contribution in [0.2, 0.25) is 0 Å². The molecule has 0 saturated carbocycles. The summed E-state index contributed by atoms with van der Waals surface area (Å²) < 4.78 is 43.4. The Morgan fingerprint density at radius 2 is 2.10 bits per heavy atom. The fourth-order valence-electron chi connectivity index (χ4n) is 1.71. The minimum Gasteiger partial charge on any atom is -0.360 e. The molecule has 114 valence electrons.